The third-order valence-corrected chi connectivity index (χ3v) is 3.30. The fourth-order valence-corrected chi connectivity index (χ4v) is 2.22. The van der Waals surface area contributed by atoms with Gasteiger partial charge in [0.05, 0.1) is 17.7 Å². The Kier molecular flexibility index (Phi) is 5.91. The van der Waals surface area contributed by atoms with Crippen molar-refractivity contribution in [3.63, 3.8) is 0 Å². The summed E-state index contributed by atoms with van der Waals surface area (Å²) in [6.45, 7) is 2.08. The average Bonchev–Trinajstić information content (AvgIpc) is 2.58. The lowest BCUT2D eigenvalue weighted by Gasteiger charge is -2.08. The molecule has 2 N–H and O–H groups in total. The topological polar surface area (TPSA) is 114 Å². The number of rotatable bonds is 6. The highest BCUT2D eigenvalue weighted by Gasteiger charge is 2.18. The predicted molar refractivity (Wildman–Crippen MR) is 92.4 cm³/mol. The summed E-state index contributed by atoms with van der Waals surface area (Å²) in [5.74, 6) is -0.758. The van der Waals surface area contributed by atoms with Crippen LogP contribution in [-0.2, 0) is 0 Å². The molecule has 0 aromatic heterocycles. The van der Waals surface area contributed by atoms with Gasteiger partial charge < -0.3 is 9.84 Å². The molecule has 2 rings (SSSR count). The van der Waals surface area contributed by atoms with Crippen molar-refractivity contribution in [2.45, 2.75) is 6.92 Å². The summed E-state index contributed by atoms with van der Waals surface area (Å²) in [7, 11) is 0. The molecule has 0 aliphatic heterocycles. The number of hydrazone groups is 1. The van der Waals surface area contributed by atoms with Gasteiger partial charge in [-0.15, -0.1) is 0 Å². The van der Waals surface area contributed by atoms with E-state index < -0.39 is 10.8 Å². The Bertz CT molecular complexity index is 839. The summed E-state index contributed by atoms with van der Waals surface area (Å²) in [6.07, 6.45) is 1.16. The van der Waals surface area contributed by atoms with Crippen LogP contribution in [0, 0.1) is 10.1 Å². The molecule has 8 nitrogen and oxygen atoms in total. The zero-order valence-electron chi connectivity index (χ0n) is 13.1. The average molecular weight is 364 g/mol. The minimum absolute atomic E-state index is 0.130. The third kappa shape index (κ3) is 4.45. The van der Waals surface area contributed by atoms with Crippen molar-refractivity contribution in [2.24, 2.45) is 5.10 Å². The molecule has 9 heteroatoms. The Balaban J connectivity index is 2.19. The lowest BCUT2D eigenvalue weighted by atomic mass is 10.2. The molecule has 0 atom stereocenters. The zero-order valence-corrected chi connectivity index (χ0v) is 13.9. The van der Waals surface area contributed by atoms with E-state index in [1.54, 1.807) is 6.92 Å². The SMILES string of the molecule is CCOc1cc(Cl)cc(C=NNC(=O)c2ccccc2[N+](=O)[O-])c1O. The number of para-hydroxylation sites is 1. The van der Waals surface area contributed by atoms with Crippen LogP contribution in [0.2, 0.25) is 5.02 Å². The van der Waals surface area contributed by atoms with Gasteiger partial charge in [0.15, 0.2) is 11.5 Å². The smallest absolute Gasteiger partial charge is 0.282 e. The number of phenolic OH excluding ortho intramolecular Hbond substituents is 1. The number of aromatic hydroxyl groups is 1. The highest BCUT2D eigenvalue weighted by Crippen LogP contribution is 2.32. The number of halogens is 1. The van der Waals surface area contributed by atoms with Gasteiger partial charge in [0, 0.05) is 22.7 Å². The van der Waals surface area contributed by atoms with E-state index in [2.05, 4.69) is 10.5 Å². The Morgan fingerprint density at radius 1 is 1.44 bits per heavy atom. The molecule has 0 aliphatic rings. The van der Waals surface area contributed by atoms with Crippen molar-refractivity contribution in [1.82, 2.24) is 5.43 Å². The Hall–Kier alpha value is -3.13. The quantitative estimate of drug-likeness (QED) is 0.465. The highest BCUT2D eigenvalue weighted by molar-refractivity contribution is 6.31. The second-order valence-electron chi connectivity index (χ2n) is 4.75. The van der Waals surface area contributed by atoms with Crippen LogP contribution in [0.15, 0.2) is 41.5 Å². The zero-order chi connectivity index (χ0) is 18.4. The van der Waals surface area contributed by atoms with Crippen LogP contribution in [0.25, 0.3) is 0 Å². The van der Waals surface area contributed by atoms with E-state index in [1.165, 1.54) is 36.4 Å². The fraction of sp³-hybridized carbons (Fsp3) is 0.125. The van der Waals surface area contributed by atoms with Crippen LogP contribution >= 0.6 is 11.6 Å². The van der Waals surface area contributed by atoms with Crippen molar-refractivity contribution in [3.05, 3.63) is 62.7 Å². The maximum Gasteiger partial charge on any atom is 0.282 e. The van der Waals surface area contributed by atoms with E-state index in [4.69, 9.17) is 16.3 Å². The normalized spacial score (nSPS) is 10.6. The number of nitrogens with zero attached hydrogens (tertiary/aromatic N) is 2. The van der Waals surface area contributed by atoms with Gasteiger partial charge in [-0.05, 0) is 19.1 Å². The third-order valence-electron chi connectivity index (χ3n) is 3.08. The predicted octanol–water partition coefficient (Wildman–Crippen LogP) is 3.12. The van der Waals surface area contributed by atoms with Crippen molar-refractivity contribution in [2.75, 3.05) is 6.61 Å². The second kappa shape index (κ2) is 8.11. The van der Waals surface area contributed by atoms with Gasteiger partial charge in [0.1, 0.15) is 5.56 Å². The maximum atomic E-state index is 12.0. The standard InChI is InChI=1S/C16H14ClN3O5/c1-2-25-14-8-11(17)7-10(15(14)21)9-18-19-16(22)12-5-3-4-6-13(12)20(23)24/h3-9,21H,2H2,1H3,(H,19,22). The molecular weight excluding hydrogens is 350 g/mol. The molecule has 0 unspecified atom stereocenters. The fourth-order valence-electron chi connectivity index (χ4n) is 2.00. The number of carbonyl (C=O) groups excluding carboxylic acids is 1. The first-order valence-electron chi connectivity index (χ1n) is 7.16. The summed E-state index contributed by atoms with van der Waals surface area (Å²) in [5.41, 5.74) is 1.93. The molecular formula is C16H14ClN3O5. The van der Waals surface area contributed by atoms with Crippen molar-refractivity contribution in [3.8, 4) is 11.5 Å². The Morgan fingerprint density at radius 3 is 2.84 bits per heavy atom. The molecule has 130 valence electrons. The van der Waals surface area contributed by atoms with Crippen LogP contribution in [0.5, 0.6) is 11.5 Å². The molecule has 0 fully saturated rings. The first kappa shape index (κ1) is 18.2. The Labute approximate surface area is 147 Å². The molecule has 0 spiro atoms. The van der Waals surface area contributed by atoms with E-state index >= 15 is 0 Å². The minimum Gasteiger partial charge on any atom is -0.504 e. The van der Waals surface area contributed by atoms with E-state index in [9.17, 15) is 20.0 Å². The number of amides is 1. The lowest BCUT2D eigenvalue weighted by Crippen LogP contribution is -2.19. The lowest BCUT2D eigenvalue weighted by molar-refractivity contribution is -0.385. The van der Waals surface area contributed by atoms with Crippen LogP contribution in [0.1, 0.15) is 22.8 Å². The number of hydrogen-bond donors (Lipinski definition) is 2. The number of ether oxygens (including phenoxy) is 1. The maximum absolute atomic E-state index is 12.0. The van der Waals surface area contributed by atoms with Gasteiger partial charge in [-0.2, -0.15) is 5.10 Å². The summed E-state index contributed by atoms with van der Waals surface area (Å²) in [6, 6.07) is 8.37. The van der Waals surface area contributed by atoms with Gasteiger partial charge in [-0.3, -0.25) is 14.9 Å². The summed E-state index contributed by atoms with van der Waals surface area (Å²) < 4.78 is 5.24. The molecule has 2 aromatic carbocycles. The van der Waals surface area contributed by atoms with Crippen LogP contribution < -0.4 is 10.2 Å². The number of phenols is 1. The summed E-state index contributed by atoms with van der Waals surface area (Å²) in [5, 5.41) is 25.0. The highest BCUT2D eigenvalue weighted by atomic mass is 35.5. The van der Waals surface area contributed by atoms with Crippen LogP contribution in [-0.4, -0.2) is 28.8 Å². The number of nitro benzene ring substituents is 1. The minimum atomic E-state index is -0.755. The van der Waals surface area contributed by atoms with Gasteiger partial charge in [-0.25, -0.2) is 5.43 Å². The molecule has 0 heterocycles. The van der Waals surface area contributed by atoms with Gasteiger partial charge in [-0.1, -0.05) is 23.7 Å². The van der Waals surface area contributed by atoms with Gasteiger partial charge in [0.2, 0.25) is 0 Å². The van der Waals surface area contributed by atoms with Crippen molar-refractivity contribution < 1.29 is 19.6 Å². The van der Waals surface area contributed by atoms with E-state index in [1.807, 2.05) is 0 Å². The largest absolute Gasteiger partial charge is 0.504 e. The number of nitro groups is 1. The number of hydrogen-bond acceptors (Lipinski definition) is 6. The number of carbonyl (C=O) groups is 1. The first-order valence-corrected chi connectivity index (χ1v) is 7.54. The molecule has 2 aromatic rings. The Morgan fingerprint density at radius 2 is 2.16 bits per heavy atom. The monoisotopic (exact) mass is 363 g/mol. The molecule has 0 saturated carbocycles. The van der Waals surface area contributed by atoms with E-state index in [0.717, 1.165) is 6.21 Å². The van der Waals surface area contributed by atoms with Crippen molar-refractivity contribution in [1.29, 1.82) is 0 Å². The van der Waals surface area contributed by atoms with Crippen LogP contribution in [0.4, 0.5) is 5.69 Å². The van der Waals surface area contributed by atoms with E-state index in [-0.39, 0.29) is 28.3 Å². The summed E-state index contributed by atoms with van der Waals surface area (Å²) in [4.78, 5) is 22.3. The molecule has 25 heavy (non-hydrogen) atoms. The molecule has 0 aliphatic carbocycles. The summed E-state index contributed by atoms with van der Waals surface area (Å²) >= 11 is 5.94. The molecule has 0 radical (unpaired) electrons. The van der Waals surface area contributed by atoms with Gasteiger partial charge >= 0.3 is 0 Å². The van der Waals surface area contributed by atoms with Crippen LogP contribution in [0.3, 0.4) is 0 Å². The molecule has 0 saturated heterocycles. The van der Waals surface area contributed by atoms with E-state index in [0.29, 0.717) is 11.6 Å². The second-order valence-corrected chi connectivity index (χ2v) is 5.18. The number of nitrogens with one attached hydrogen (secondary N) is 1. The van der Waals surface area contributed by atoms with Gasteiger partial charge in [0.25, 0.3) is 11.6 Å². The van der Waals surface area contributed by atoms with Crippen molar-refractivity contribution >= 4 is 29.4 Å². The number of benzene rings is 2. The first-order chi connectivity index (χ1) is 11.9. The molecule has 1 amide bonds. The molecule has 0 bridgehead atoms.